The third kappa shape index (κ3) is 1.75. The summed E-state index contributed by atoms with van der Waals surface area (Å²) in [6.07, 6.45) is 12.8. The summed E-state index contributed by atoms with van der Waals surface area (Å²) >= 11 is 0. The van der Waals surface area contributed by atoms with Crippen LogP contribution in [0.15, 0.2) is 11.6 Å². The summed E-state index contributed by atoms with van der Waals surface area (Å²) in [6.45, 7) is 0.911. The number of fused-ring (bicyclic) bond motifs is 1. The van der Waals surface area contributed by atoms with Crippen LogP contribution in [0.3, 0.4) is 0 Å². The molecule has 0 aromatic rings. The summed E-state index contributed by atoms with van der Waals surface area (Å²) in [7, 11) is 0. The van der Waals surface area contributed by atoms with E-state index in [0.717, 1.165) is 30.2 Å². The van der Waals surface area contributed by atoms with Gasteiger partial charge in [0.05, 0.1) is 0 Å². The Labute approximate surface area is 93.1 Å². The molecular formula is C14H23N. The Morgan fingerprint density at radius 3 is 2.80 bits per heavy atom. The minimum atomic E-state index is 0.830. The van der Waals surface area contributed by atoms with Gasteiger partial charge in [0.25, 0.3) is 0 Å². The van der Waals surface area contributed by atoms with Crippen LogP contribution in [-0.2, 0) is 0 Å². The molecule has 1 nitrogen and oxygen atoms in total. The summed E-state index contributed by atoms with van der Waals surface area (Å²) in [5.74, 6) is 3.74. The second-order valence-corrected chi connectivity index (χ2v) is 5.95. The van der Waals surface area contributed by atoms with Crippen molar-refractivity contribution in [3.63, 3.8) is 0 Å². The van der Waals surface area contributed by atoms with Crippen LogP contribution in [0, 0.1) is 23.7 Å². The van der Waals surface area contributed by atoms with Gasteiger partial charge in [0.1, 0.15) is 0 Å². The molecule has 0 aromatic heterocycles. The van der Waals surface area contributed by atoms with Crippen LogP contribution in [0.1, 0.15) is 44.9 Å². The molecule has 2 fully saturated rings. The lowest BCUT2D eigenvalue weighted by molar-refractivity contribution is 0.136. The lowest BCUT2D eigenvalue weighted by atomic mass is 9.66. The number of hydrogen-bond acceptors (Lipinski definition) is 1. The molecule has 1 heteroatoms. The van der Waals surface area contributed by atoms with E-state index in [1.54, 1.807) is 5.57 Å². The van der Waals surface area contributed by atoms with Crippen LogP contribution in [0.4, 0.5) is 0 Å². The van der Waals surface area contributed by atoms with Crippen molar-refractivity contribution in [2.75, 3.05) is 6.54 Å². The second kappa shape index (κ2) is 3.93. The van der Waals surface area contributed by atoms with E-state index in [9.17, 15) is 0 Å². The topological polar surface area (TPSA) is 26.0 Å². The fourth-order valence-corrected chi connectivity index (χ4v) is 4.05. The molecule has 3 rings (SSSR count). The lowest BCUT2D eigenvalue weighted by Crippen LogP contribution is -2.37. The Morgan fingerprint density at radius 1 is 1.27 bits per heavy atom. The van der Waals surface area contributed by atoms with Gasteiger partial charge in [-0.3, -0.25) is 0 Å². The first-order valence-electron chi connectivity index (χ1n) is 6.76. The van der Waals surface area contributed by atoms with Gasteiger partial charge in [-0.2, -0.15) is 0 Å². The normalized spacial score (nSPS) is 40.1. The Balaban J connectivity index is 1.57. The molecule has 0 radical (unpaired) electrons. The van der Waals surface area contributed by atoms with Crippen LogP contribution in [0.5, 0.6) is 0 Å². The van der Waals surface area contributed by atoms with Crippen LogP contribution in [0.25, 0.3) is 0 Å². The second-order valence-electron chi connectivity index (χ2n) is 5.95. The predicted molar refractivity (Wildman–Crippen MR) is 63.4 cm³/mol. The maximum Gasteiger partial charge on any atom is -0.00430 e. The number of rotatable bonds is 3. The zero-order valence-electron chi connectivity index (χ0n) is 9.62. The van der Waals surface area contributed by atoms with Gasteiger partial charge in [-0.05, 0) is 49.5 Å². The zero-order chi connectivity index (χ0) is 10.3. The Kier molecular flexibility index (Phi) is 2.59. The van der Waals surface area contributed by atoms with Gasteiger partial charge in [-0.15, -0.1) is 0 Å². The fourth-order valence-electron chi connectivity index (χ4n) is 4.05. The summed E-state index contributed by atoms with van der Waals surface area (Å²) in [5.41, 5.74) is 7.55. The average Bonchev–Trinajstić information content (AvgIpc) is 2.80. The zero-order valence-corrected chi connectivity index (χ0v) is 9.62. The van der Waals surface area contributed by atoms with Crippen molar-refractivity contribution in [3.05, 3.63) is 11.6 Å². The van der Waals surface area contributed by atoms with Crippen molar-refractivity contribution in [2.24, 2.45) is 29.4 Å². The Hall–Kier alpha value is -0.300. The smallest absolute Gasteiger partial charge is 0.00430 e. The third-order valence-electron chi connectivity index (χ3n) is 4.98. The molecule has 0 amide bonds. The molecular weight excluding hydrogens is 182 g/mol. The maximum absolute atomic E-state index is 5.77. The fraction of sp³-hybridized carbons (Fsp3) is 0.857. The molecule has 0 bridgehead atoms. The minimum absolute atomic E-state index is 0.830. The summed E-state index contributed by atoms with van der Waals surface area (Å²) < 4.78 is 0. The summed E-state index contributed by atoms with van der Waals surface area (Å²) in [5, 5.41) is 0. The largest absolute Gasteiger partial charge is 0.330 e. The van der Waals surface area contributed by atoms with E-state index < -0.39 is 0 Å². The summed E-state index contributed by atoms with van der Waals surface area (Å²) in [6, 6.07) is 0. The molecule has 0 aromatic carbocycles. The minimum Gasteiger partial charge on any atom is -0.330 e. The molecule has 0 heterocycles. The molecule has 0 aliphatic heterocycles. The molecule has 2 N–H and O–H groups in total. The first kappa shape index (κ1) is 9.89. The first-order valence-corrected chi connectivity index (χ1v) is 6.76. The van der Waals surface area contributed by atoms with E-state index in [4.69, 9.17) is 5.73 Å². The molecule has 3 unspecified atom stereocenters. The average molecular weight is 205 g/mol. The van der Waals surface area contributed by atoms with Crippen molar-refractivity contribution >= 4 is 0 Å². The van der Waals surface area contributed by atoms with Gasteiger partial charge in [0.15, 0.2) is 0 Å². The molecule has 0 saturated heterocycles. The highest BCUT2D eigenvalue weighted by Crippen LogP contribution is 2.51. The number of nitrogens with two attached hydrogens (primary N) is 1. The van der Waals surface area contributed by atoms with Gasteiger partial charge in [0.2, 0.25) is 0 Å². The van der Waals surface area contributed by atoms with Crippen molar-refractivity contribution in [1.82, 2.24) is 0 Å². The Bertz CT molecular complexity index is 263. The molecule has 3 aliphatic rings. The van der Waals surface area contributed by atoms with Gasteiger partial charge < -0.3 is 5.73 Å². The molecule has 0 spiro atoms. The highest BCUT2D eigenvalue weighted by molar-refractivity contribution is 5.20. The molecule has 3 aliphatic carbocycles. The lowest BCUT2D eigenvalue weighted by Gasteiger charge is -2.39. The van der Waals surface area contributed by atoms with E-state index >= 15 is 0 Å². The molecule has 84 valence electrons. The monoisotopic (exact) mass is 205 g/mol. The van der Waals surface area contributed by atoms with Crippen LogP contribution < -0.4 is 5.73 Å². The Morgan fingerprint density at radius 2 is 2.07 bits per heavy atom. The first-order chi connectivity index (χ1) is 7.36. The van der Waals surface area contributed by atoms with Gasteiger partial charge >= 0.3 is 0 Å². The van der Waals surface area contributed by atoms with Crippen LogP contribution in [-0.4, -0.2) is 6.54 Å². The highest BCUT2D eigenvalue weighted by atomic mass is 14.6. The van der Waals surface area contributed by atoms with Crippen LogP contribution in [0.2, 0.25) is 0 Å². The van der Waals surface area contributed by atoms with Gasteiger partial charge in [0, 0.05) is 0 Å². The van der Waals surface area contributed by atoms with E-state index in [1.807, 2.05) is 0 Å². The van der Waals surface area contributed by atoms with Gasteiger partial charge in [-0.1, -0.05) is 37.3 Å². The molecule has 3 atom stereocenters. The quantitative estimate of drug-likeness (QED) is 0.704. The van der Waals surface area contributed by atoms with Crippen molar-refractivity contribution < 1.29 is 0 Å². The predicted octanol–water partition coefficient (Wildman–Crippen LogP) is 3.11. The maximum atomic E-state index is 5.77. The van der Waals surface area contributed by atoms with Crippen molar-refractivity contribution in [2.45, 2.75) is 44.9 Å². The summed E-state index contributed by atoms with van der Waals surface area (Å²) in [4.78, 5) is 0. The third-order valence-corrected chi connectivity index (χ3v) is 4.98. The molecule has 15 heavy (non-hydrogen) atoms. The van der Waals surface area contributed by atoms with Crippen LogP contribution >= 0.6 is 0 Å². The van der Waals surface area contributed by atoms with E-state index in [1.165, 1.54) is 44.9 Å². The molecule has 2 saturated carbocycles. The van der Waals surface area contributed by atoms with E-state index in [2.05, 4.69) is 6.08 Å². The van der Waals surface area contributed by atoms with E-state index in [0.29, 0.717) is 0 Å². The SMILES string of the molecule is NCC1CC2CC(CC3CCCC3)=CC12. The van der Waals surface area contributed by atoms with E-state index in [-0.39, 0.29) is 0 Å². The number of hydrogen-bond donors (Lipinski definition) is 1. The van der Waals surface area contributed by atoms with Crippen molar-refractivity contribution in [1.29, 1.82) is 0 Å². The van der Waals surface area contributed by atoms with Gasteiger partial charge in [-0.25, -0.2) is 0 Å². The highest BCUT2D eigenvalue weighted by Gasteiger charge is 2.42. The van der Waals surface area contributed by atoms with Crippen molar-refractivity contribution in [3.8, 4) is 0 Å². The number of allylic oxidation sites excluding steroid dienone is 2. The standard InChI is InChI=1S/C14H23N/c15-9-13-8-12-6-11(7-14(12)13)5-10-3-1-2-4-10/h7,10,12-14H,1-6,8-9,15H2.